The molecule has 0 amide bonds. The Hall–Kier alpha value is -1.42. The van der Waals surface area contributed by atoms with Gasteiger partial charge >= 0.3 is 0 Å². The van der Waals surface area contributed by atoms with Gasteiger partial charge in [0, 0.05) is 16.7 Å². The normalized spacial score (nSPS) is 10.8. The van der Waals surface area contributed by atoms with Gasteiger partial charge in [-0.05, 0) is 29.0 Å². The number of hydrogen-bond acceptors (Lipinski definition) is 1. The molecule has 0 saturated carbocycles. The number of thiazole rings is 1. The molecule has 4 aromatic rings. The summed E-state index contributed by atoms with van der Waals surface area (Å²) >= 11 is 7.78. The fourth-order valence-corrected chi connectivity index (χ4v) is 3.82. The number of benzene rings is 3. The third kappa shape index (κ3) is 2.89. The molecule has 4 heteroatoms. The lowest BCUT2D eigenvalue weighted by atomic mass is 10.1. The second-order valence-electron chi connectivity index (χ2n) is 5.14. The molecule has 4 rings (SSSR count). The lowest BCUT2D eigenvalue weighted by Gasteiger charge is -2.00. The fraction of sp³-hybridized carbons (Fsp3) is 0.0556. The van der Waals surface area contributed by atoms with Crippen LogP contribution in [0.4, 0.5) is 0 Å². The maximum atomic E-state index is 6.05. The molecule has 1 aromatic heterocycles. The van der Waals surface area contributed by atoms with Crippen molar-refractivity contribution >= 4 is 43.9 Å². The average molecular weight is 391 g/mol. The van der Waals surface area contributed by atoms with E-state index in [2.05, 4.69) is 58.6 Å². The number of rotatable bonds is 2. The smallest absolute Gasteiger partial charge is 0.226 e. The maximum absolute atomic E-state index is 6.05. The summed E-state index contributed by atoms with van der Waals surface area (Å²) < 4.78 is 3.50. The topological polar surface area (TPSA) is 3.88 Å². The summed E-state index contributed by atoms with van der Waals surface area (Å²) in [6, 6.07) is 21.2. The van der Waals surface area contributed by atoms with Crippen LogP contribution < -0.4 is 21.5 Å². The van der Waals surface area contributed by atoms with Crippen molar-refractivity contribution in [2.75, 3.05) is 0 Å². The van der Waals surface area contributed by atoms with Gasteiger partial charge in [-0.25, -0.2) is 0 Å². The van der Waals surface area contributed by atoms with Gasteiger partial charge in [0.2, 0.25) is 11.0 Å². The molecule has 0 spiro atoms. The van der Waals surface area contributed by atoms with E-state index in [0.717, 1.165) is 11.6 Å². The molecule has 0 aliphatic rings. The van der Waals surface area contributed by atoms with Crippen molar-refractivity contribution < 1.29 is 21.5 Å². The van der Waals surface area contributed by atoms with E-state index in [0.29, 0.717) is 0 Å². The van der Waals surface area contributed by atoms with Crippen molar-refractivity contribution in [1.82, 2.24) is 0 Å². The molecule has 0 N–H and O–H groups in total. The van der Waals surface area contributed by atoms with Crippen molar-refractivity contribution in [3.63, 3.8) is 0 Å². The monoisotopic (exact) mass is 389 g/mol. The van der Waals surface area contributed by atoms with Crippen LogP contribution >= 0.6 is 22.9 Å². The molecule has 0 unspecified atom stereocenters. The van der Waals surface area contributed by atoms with E-state index in [1.807, 2.05) is 12.1 Å². The van der Waals surface area contributed by atoms with Gasteiger partial charge in [0.25, 0.3) is 0 Å². The SMILES string of the molecule is Clc1ccc2c(c1)sc[n+]2Cc1ccc2ccccc2c1.[Br-]. The van der Waals surface area contributed by atoms with E-state index in [-0.39, 0.29) is 17.0 Å². The molecule has 0 aliphatic heterocycles. The minimum atomic E-state index is 0. The zero-order chi connectivity index (χ0) is 14.2. The van der Waals surface area contributed by atoms with E-state index >= 15 is 0 Å². The van der Waals surface area contributed by atoms with E-state index in [1.165, 1.54) is 26.6 Å². The van der Waals surface area contributed by atoms with Crippen LogP contribution in [-0.2, 0) is 6.54 Å². The lowest BCUT2D eigenvalue weighted by Crippen LogP contribution is -3.00. The average Bonchev–Trinajstić information content (AvgIpc) is 2.89. The summed E-state index contributed by atoms with van der Waals surface area (Å²) in [5.41, 5.74) is 4.71. The summed E-state index contributed by atoms with van der Waals surface area (Å²) in [4.78, 5) is 0. The van der Waals surface area contributed by atoms with E-state index in [9.17, 15) is 0 Å². The van der Waals surface area contributed by atoms with Crippen LogP contribution in [-0.4, -0.2) is 0 Å². The van der Waals surface area contributed by atoms with Crippen molar-refractivity contribution in [2.45, 2.75) is 6.54 Å². The van der Waals surface area contributed by atoms with Crippen molar-refractivity contribution in [3.05, 3.63) is 76.8 Å². The summed E-state index contributed by atoms with van der Waals surface area (Å²) in [7, 11) is 0. The first-order valence-corrected chi connectivity index (χ1v) is 8.09. The highest BCUT2D eigenvalue weighted by molar-refractivity contribution is 7.16. The van der Waals surface area contributed by atoms with Crippen molar-refractivity contribution in [3.8, 4) is 0 Å². The molecule has 0 aliphatic carbocycles. The van der Waals surface area contributed by atoms with Crippen LogP contribution in [0.15, 0.2) is 66.2 Å². The van der Waals surface area contributed by atoms with Crippen LogP contribution in [0.2, 0.25) is 5.02 Å². The standard InChI is InChI=1S/C18H13ClNS.BrH/c19-16-7-8-17-18(10-16)21-12-20(17)11-13-5-6-14-3-1-2-4-15(14)9-13;/h1-10,12H,11H2;1H/q+1;/p-1. The first-order chi connectivity index (χ1) is 10.3. The second-order valence-corrected chi connectivity index (χ2v) is 6.47. The van der Waals surface area contributed by atoms with Crippen LogP contribution in [0.25, 0.3) is 21.0 Å². The molecule has 0 saturated heterocycles. The van der Waals surface area contributed by atoms with Gasteiger partial charge in [-0.2, -0.15) is 4.57 Å². The minimum Gasteiger partial charge on any atom is -1.00 e. The maximum Gasteiger partial charge on any atom is 0.226 e. The highest BCUT2D eigenvalue weighted by atomic mass is 79.9. The molecular weight excluding hydrogens is 378 g/mol. The molecule has 0 radical (unpaired) electrons. The Kier molecular flexibility index (Phi) is 4.48. The Morgan fingerprint density at radius 1 is 0.909 bits per heavy atom. The molecule has 1 heterocycles. The van der Waals surface area contributed by atoms with E-state index in [4.69, 9.17) is 11.6 Å². The number of fused-ring (bicyclic) bond motifs is 2. The third-order valence-corrected chi connectivity index (χ3v) is 4.88. The molecule has 0 atom stereocenters. The Bertz CT molecular complexity index is 948. The Morgan fingerprint density at radius 2 is 1.73 bits per heavy atom. The number of nitrogens with zero attached hydrogens (tertiary/aromatic N) is 1. The zero-order valence-electron chi connectivity index (χ0n) is 11.7. The second kappa shape index (κ2) is 6.37. The lowest BCUT2D eigenvalue weighted by molar-refractivity contribution is -0.658. The van der Waals surface area contributed by atoms with Gasteiger partial charge in [-0.1, -0.05) is 59.3 Å². The van der Waals surface area contributed by atoms with Crippen LogP contribution in [0.3, 0.4) is 0 Å². The number of aromatic nitrogens is 1. The molecule has 1 nitrogen and oxygen atoms in total. The van der Waals surface area contributed by atoms with E-state index < -0.39 is 0 Å². The largest absolute Gasteiger partial charge is 1.00 e. The number of hydrogen-bond donors (Lipinski definition) is 0. The summed E-state index contributed by atoms with van der Waals surface area (Å²) in [6.07, 6.45) is 0. The summed E-state index contributed by atoms with van der Waals surface area (Å²) in [5, 5.41) is 3.37. The van der Waals surface area contributed by atoms with Gasteiger partial charge in [-0.3, -0.25) is 0 Å². The number of halogens is 2. The zero-order valence-corrected chi connectivity index (χ0v) is 14.8. The predicted molar refractivity (Wildman–Crippen MR) is 90.1 cm³/mol. The quantitative estimate of drug-likeness (QED) is 0.461. The highest BCUT2D eigenvalue weighted by Crippen LogP contribution is 2.22. The van der Waals surface area contributed by atoms with Gasteiger partial charge in [0.05, 0.1) is 0 Å². The molecule has 3 aromatic carbocycles. The van der Waals surface area contributed by atoms with Gasteiger partial charge in [0.15, 0.2) is 6.54 Å². The molecule has 22 heavy (non-hydrogen) atoms. The van der Waals surface area contributed by atoms with Crippen LogP contribution in [0.5, 0.6) is 0 Å². The molecule has 0 fully saturated rings. The van der Waals surface area contributed by atoms with Crippen molar-refractivity contribution in [2.24, 2.45) is 0 Å². The third-order valence-electron chi connectivity index (χ3n) is 3.70. The first kappa shape index (κ1) is 15.5. The Balaban J connectivity index is 0.00000144. The Labute approximate surface area is 148 Å². The van der Waals surface area contributed by atoms with Gasteiger partial charge < -0.3 is 17.0 Å². The van der Waals surface area contributed by atoms with Gasteiger partial charge in [0.1, 0.15) is 4.70 Å². The van der Waals surface area contributed by atoms with E-state index in [1.54, 1.807) is 11.3 Å². The summed E-state index contributed by atoms with van der Waals surface area (Å²) in [5.74, 6) is 0. The predicted octanol–water partition coefficient (Wildman–Crippen LogP) is 2.05. The first-order valence-electron chi connectivity index (χ1n) is 6.83. The van der Waals surface area contributed by atoms with Gasteiger partial charge in [-0.15, -0.1) is 0 Å². The van der Waals surface area contributed by atoms with Crippen LogP contribution in [0, 0.1) is 0 Å². The minimum absolute atomic E-state index is 0. The van der Waals surface area contributed by atoms with Crippen molar-refractivity contribution in [1.29, 1.82) is 0 Å². The molecule has 0 bridgehead atoms. The van der Waals surface area contributed by atoms with Crippen LogP contribution in [0.1, 0.15) is 5.56 Å². The molecular formula is C18H13BrClNS. The summed E-state index contributed by atoms with van der Waals surface area (Å²) in [6.45, 7) is 0.881. The Morgan fingerprint density at radius 3 is 2.59 bits per heavy atom. The molecule has 110 valence electrons. The highest BCUT2D eigenvalue weighted by Gasteiger charge is 2.12. The fourth-order valence-electron chi connectivity index (χ4n) is 2.65.